The van der Waals surface area contributed by atoms with E-state index >= 15 is 0 Å². The van der Waals surface area contributed by atoms with Crippen LogP contribution < -0.4 is 10.1 Å². The molecule has 1 heterocycles. The molecule has 1 aromatic carbocycles. The molecule has 2 nitrogen and oxygen atoms in total. The smallest absolute Gasteiger partial charge is 0.123 e. The van der Waals surface area contributed by atoms with Crippen molar-refractivity contribution < 1.29 is 4.74 Å². The van der Waals surface area contributed by atoms with Crippen LogP contribution in [-0.2, 0) is 5.75 Å². The molecular formula is C15H23NOS. The van der Waals surface area contributed by atoms with Crippen LogP contribution >= 0.6 is 11.8 Å². The number of thioether (sulfide) groups is 1. The minimum Gasteiger partial charge on any atom is -0.494 e. The topological polar surface area (TPSA) is 21.3 Å². The van der Waals surface area contributed by atoms with Crippen LogP contribution in [0.1, 0.15) is 44.9 Å². The van der Waals surface area contributed by atoms with Gasteiger partial charge in [-0.25, -0.2) is 0 Å². The van der Waals surface area contributed by atoms with E-state index < -0.39 is 0 Å². The second kappa shape index (κ2) is 5.54. The molecule has 1 atom stereocenters. The quantitative estimate of drug-likeness (QED) is 0.895. The molecule has 0 saturated heterocycles. The molecule has 1 N–H and O–H groups in total. The molecule has 0 fully saturated rings. The molecule has 18 heavy (non-hydrogen) atoms. The van der Waals surface area contributed by atoms with Crippen molar-refractivity contribution in [3.63, 3.8) is 0 Å². The second-order valence-electron chi connectivity index (χ2n) is 5.14. The van der Waals surface area contributed by atoms with E-state index in [2.05, 4.69) is 44.3 Å². The van der Waals surface area contributed by atoms with Crippen LogP contribution in [0, 0.1) is 0 Å². The lowest BCUT2D eigenvalue weighted by molar-refractivity contribution is 0.335. The first-order chi connectivity index (χ1) is 8.60. The van der Waals surface area contributed by atoms with Gasteiger partial charge >= 0.3 is 0 Å². The standard InChI is InChI=1S/C15H23NOS/c1-5-16-14-11-8-7-9-13(17-6-2)12(11)10-18-15(14,3)4/h7-9,14,16H,5-6,10H2,1-4H3. The molecule has 0 saturated carbocycles. The minimum absolute atomic E-state index is 0.230. The molecule has 3 heteroatoms. The highest BCUT2D eigenvalue weighted by atomic mass is 32.2. The largest absolute Gasteiger partial charge is 0.494 e. The van der Waals surface area contributed by atoms with Gasteiger partial charge in [0.2, 0.25) is 0 Å². The summed E-state index contributed by atoms with van der Waals surface area (Å²) < 4.78 is 5.99. The average molecular weight is 265 g/mol. The van der Waals surface area contributed by atoms with Crippen molar-refractivity contribution in [2.24, 2.45) is 0 Å². The van der Waals surface area contributed by atoms with E-state index in [9.17, 15) is 0 Å². The fourth-order valence-electron chi connectivity index (χ4n) is 2.57. The van der Waals surface area contributed by atoms with Crippen LogP contribution in [0.3, 0.4) is 0 Å². The second-order valence-corrected chi connectivity index (χ2v) is 6.77. The van der Waals surface area contributed by atoms with E-state index in [1.165, 1.54) is 11.1 Å². The lowest BCUT2D eigenvalue weighted by Crippen LogP contribution is -2.40. The zero-order valence-corrected chi connectivity index (χ0v) is 12.6. The van der Waals surface area contributed by atoms with Crippen LogP contribution in [0.15, 0.2) is 18.2 Å². The Labute approximate surface area is 114 Å². The summed E-state index contributed by atoms with van der Waals surface area (Å²) in [6, 6.07) is 6.84. The van der Waals surface area contributed by atoms with Crippen molar-refractivity contribution in [2.75, 3.05) is 13.2 Å². The third-order valence-electron chi connectivity index (χ3n) is 3.47. The first-order valence-corrected chi connectivity index (χ1v) is 7.70. The molecule has 2 rings (SSSR count). The van der Waals surface area contributed by atoms with Crippen LogP contribution in [0.4, 0.5) is 0 Å². The first kappa shape index (κ1) is 13.8. The third kappa shape index (κ3) is 2.52. The highest BCUT2D eigenvalue weighted by molar-refractivity contribution is 8.00. The van der Waals surface area contributed by atoms with Gasteiger partial charge in [0.25, 0.3) is 0 Å². The molecule has 1 aliphatic rings. The van der Waals surface area contributed by atoms with Crippen molar-refractivity contribution in [3.8, 4) is 5.75 Å². The third-order valence-corrected chi connectivity index (χ3v) is 4.88. The van der Waals surface area contributed by atoms with Crippen molar-refractivity contribution in [2.45, 2.75) is 44.2 Å². The average Bonchev–Trinajstić information content (AvgIpc) is 2.33. The predicted octanol–water partition coefficient (Wildman–Crippen LogP) is 3.76. The molecule has 0 spiro atoms. The maximum absolute atomic E-state index is 5.76. The van der Waals surface area contributed by atoms with E-state index in [-0.39, 0.29) is 4.75 Å². The zero-order chi connectivity index (χ0) is 13.2. The molecular weight excluding hydrogens is 242 g/mol. The number of ether oxygens (including phenoxy) is 1. The van der Waals surface area contributed by atoms with Gasteiger partial charge in [-0.3, -0.25) is 0 Å². The molecule has 0 radical (unpaired) electrons. The highest BCUT2D eigenvalue weighted by Gasteiger charge is 2.37. The maximum atomic E-state index is 5.76. The van der Waals surface area contributed by atoms with Gasteiger partial charge in [0.05, 0.1) is 6.61 Å². The number of fused-ring (bicyclic) bond motifs is 1. The highest BCUT2D eigenvalue weighted by Crippen LogP contribution is 2.47. The fourth-order valence-corrected chi connectivity index (χ4v) is 3.78. The van der Waals surface area contributed by atoms with Crippen LogP contribution in [0.25, 0.3) is 0 Å². The Bertz CT molecular complexity index is 417. The summed E-state index contributed by atoms with van der Waals surface area (Å²) in [4.78, 5) is 0. The summed E-state index contributed by atoms with van der Waals surface area (Å²) in [5.74, 6) is 2.10. The Morgan fingerprint density at radius 3 is 2.83 bits per heavy atom. The normalized spacial score (nSPS) is 21.4. The molecule has 100 valence electrons. The molecule has 1 aromatic rings. The van der Waals surface area contributed by atoms with Crippen LogP contribution in [0.5, 0.6) is 5.75 Å². The van der Waals surface area contributed by atoms with E-state index in [4.69, 9.17) is 4.74 Å². The van der Waals surface area contributed by atoms with Gasteiger partial charge in [-0.1, -0.05) is 19.1 Å². The Kier molecular flexibility index (Phi) is 4.23. The van der Waals surface area contributed by atoms with Gasteiger partial charge in [0.15, 0.2) is 0 Å². The summed E-state index contributed by atoms with van der Waals surface area (Å²) in [5.41, 5.74) is 2.78. The van der Waals surface area contributed by atoms with Gasteiger partial charge in [-0.05, 0) is 38.9 Å². The SMILES string of the molecule is CCNC1c2cccc(OCC)c2CSC1(C)C. The zero-order valence-electron chi connectivity index (χ0n) is 11.7. The van der Waals surface area contributed by atoms with Crippen molar-refractivity contribution in [3.05, 3.63) is 29.3 Å². The maximum Gasteiger partial charge on any atom is 0.123 e. The Hall–Kier alpha value is -0.670. The van der Waals surface area contributed by atoms with Gasteiger partial charge in [-0.15, -0.1) is 11.8 Å². The lowest BCUT2D eigenvalue weighted by Gasteiger charge is -2.40. The predicted molar refractivity (Wildman–Crippen MR) is 79.4 cm³/mol. The number of hydrogen-bond donors (Lipinski definition) is 1. The summed E-state index contributed by atoms with van der Waals surface area (Å²) in [5, 5.41) is 3.62. The molecule has 0 aromatic heterocycles. The number of hydrogen-bond acceptors (Lipinski definition) is 3. The fraction of sp³-hybridized carbons (Fsp3) is 0.600. The summed E-state index contributed by atoms with van der Waals surface area (Å²) in [6.07, 6.45) is 0. The van der Waals surface area contributed by atoms with Gasteiger partial charge in [0.1, 0.15) is 5.75 Å². The Morgan fingerprint density at radius 2 is 2.17 bits per heavy atom. The molecule has 0 aliphatic carbocycles. The van der Waals surface area contributed by atoms with Gasteiger partial charge in [0, 0.05) is 22.1 Å². The van der Waals surface area contributed by atoms with E-state index in [0.29, 0.717) is 6.04 Å². The van der Waals surface area contributed by atoms with E-state index in [0.717, 1.165) is 24.7 Å². The minimum atomic E-state index is 0.230. The number of rotatable bonds is 4. The molecule has 1 unspecified atom stereocenters. The lowest BCUT2D eigenvalue weighted by atomic mass is 9.90. The van der Waals surface area contributed by atoms with E-state index in [1.807, 2.05) is 18.7 Å². The summed E-state index contributed by atoms with van der Waals surface area (Å²) >= 11 is 2.01. The van der Waals surface area contributed by atoms with E-state index in [1.54, 1.807) is 0 Å². The van der Waals surface area contributed by atoms with Gasteiger partial charge in [-0.2, -0.15) is 0 Å². The molecule has 0 bridgehead atoms. The van der Waals surface area contributed by atoms with Crippen LogP contribution in [-0.4, -0.2) is 17.9 Å². The van der Waals surface area contributed by atoms with Crippen molar-refractivity contribution in [1.29, 1.82) is 0 Å². The van der Waals surface area contributed by atoms with Crippen molar-refractivity contribution >= 4 is 11.8 Å². The van der Waals surface area contributed by atoms with Crippen molar-refractivity contribution in [1.82, 2.24) is 5.32 Å². The number of nitrogens with one attached hydrogen (secondary N) is 1. The summed E-state index contributed by atoms with van der Waals surface area (Å²) in [6.45, 7) is 10.6. The Morgan fingerprint density at radius 1 is 1.39 bits per heavy atom. The summed E-state index contributed by atoms with van der Waals surface area (Å²) in [7, 11) is 0. The monoisotopic (exact) mass is 265 g/mol. The van der Waals surface area contributed by atoms with Crippen LogP contribution in [0.2, 0.25) is 0 Å². The number of benzene rings is 1. The Balaban J connectivity index is 2.42. The van der Waals surface area contributed by atoms with Gasteiger partial charge < -0.3 is 10.1 Å². The molecule has 1 aliphatic heterocycles. The first-order valence-electron chi connectivity index (χ1n) is 6.72. The molecule has 0 amide bonds.